The molecule has 3 heteroatoms. The number of nitrogen functional groups attached to an aromatic ring is 1. The third kappa shape index (κ3) is 2.83. The first-order valence-corrected chi connectivity index (χ1v) is 9.81. The molecule has 3 nitrogen and oxygen atoms in total. The Labute approximate surface area is 157 Å². The second-order valence-corrected chi connectivity index (χ2v) is 8.87. The lowest BCUT2D eigenvalue weighted by Crippen LogP contribution is -2.34. The summed E-state index contributed by atoms with van der Waals surface area (Å²) in [7, 11) is 0. The van der Waals surface area contributed by atoms with Gasteiger partial charge in [0.15, 0.2) is 0 Å². The number of aryl methyl sites for hydroxylation is 1. The summed E-state index contributed by atoms with van der Waals surface area (Å²) in [5.41, 5.74) is 26.4. The number of nitrogens with two attached hydrogens (primary N) is 3. The van der Waals surface area contributed by atoms with Gasteiger partial charge in [-0.15, -0.1) is 0 Å². The molecule has 138 valence electrons. The van der Waals surface area contributed by atoms with E-state index in [-0.39, 0.29) is 0 Å². The van der Waals surface area contributed by atoms with Crippen LogP contribution in [0.25, 0.3) is 11.1 Å². The minimum absolute atomic E-state index is 0.551. The first-order chi connectivity index (χ1) is 12.3. The zero-order valence-corrected chi connectivity index (χ0v) is 16.2. The summed E-state index contributed by atoms with van der Waals surface area (Å²) in [4.78, 5) is 0. The van der Waals surface area contributed by atoms with Crippen LogP contribution in [0.2, 0.25) is 0 Å². The van der Waals surface area contributed by atoms with Gasteiger partial charge in [-0.3, -0.25) is 0 Å². The van der Waals surface area contributed by atoms with Crippen molar-refractivity contribution in [3.8, 4) is 11.1 Å². The lowest BCUT2D eigenvalue weighted by Gasteiger charge is -2.46. The molecule has 0 spiro atoms. The summed E-state index contributed by atoms with van der Waals surface area (Å²) in [6.45, 7) is 6.75. The molecule has 4 rings (SSSR count). The molecule has 0 saturated heterocycles. The van der Waals surface area contributed by atoms with E-state index < -0.39 is 6.17 Å². The fourth-order valence-electron chi connectivity index (χ4n) is 5.14. The van der Waals surface area contributed by atoms with Gasteiger partial charge in [0.25, 0.3) is 0 Å². The maximum atomic E-state index is 6.09. The normalized spacial score (nSPS) is 25.4. The predicted molar refractivity (Wildman–Crippen MR) is 110 cm³/mol. The Morgan fingerprint density at radius 1 is 1.00 bits per heavy atom. The standard InChI is InChI=1S/C23H31N3/c1-13-10-15(16-11-23(3,12-16)17-5-6-17)4-7-18(13)19-8-9-20(24)21(14(19)2)22(25)26/h4,7-10,16-17,22H,5-6,11-12,24-26H2,1-3H3. The molecule has 26 heavy (non-hydrogen) atoms. The lowest BCUT2D eigenvalue weighted by molar-refractivity contribution is 0.0960. The second kappa shape index (κ2) is 6.11. The SMILES string of the molecule is Cc1cc(C2CC(C)(C3CC3)C2)ccc1-c1ccc(N)c(C(N)N)c1C. The van der Waals surface area contributed by atoms with Gasteiger partial charge in [0.2, 0.25) is 0 Å². The van der Waals surface area contributed by atoms with Gasteiger partial charge in [-0.25, -0.2) is 0 Å². The van der Waals surface area contributed by atoms with Gasteiger partial charge < -0.3 is 17.2 Å². The molecular formula is C23H31N3. The molecule has 6 N–H and O–H groups in total. The Morgan fingerprint density at radius 3 is 2.23 bits per heavy atom. The summed E-state index contributed by atoms with van der Waals surface area (Å²) >= 11 is 0. The van der Waals surface area contributed by atoms with Crippen molar-refractivity contribution >= 4 is 5.69 Å². The zero-order chi connectivity index (χ0) is 18.6. The van der Waals surface area contributed by atoms with Crippen molar-refractivity contribution in [2.75, 3.05) is 5.73 Å². The smallest absolute Gasteiger partial charge is 0.0807 e. The van der Waals surface area contributed by atoms with Crippen molar-refractivity contribution in [3.05, 3.63) is 52.6 Å². The lowest BCUT2D eigenvalue weighted by atomic mass is 9.58. The van der Waals surface area contributed by atoms with Crippen LogP contribution in [0.5, 0.6) is 0 Å². The summed E-state index contributed by atoms with van der Waals surface area (Å²) in [6, 6.07) is 11.0. The van der Waals surface area contributed by atoms with Crippen molar-refractivity contribution < 1.29 is 0 Å². The maximum absolute atomic E-state index is 6.09. The third-order valence-electron chi connectivity index (χ3n) is 6.88. The average Bonchev–Trinajstić information content (AvgIpc) is 3.37. The molecule has 0 atom stereocenters. The molecule has 0 radical (unpaired) electrons. The minimum atomic E-state index is -0.551. The average molecular weight is 350 g/mol. The highest BCUT2D eigenvalue weighted by atomic mass is 14.9. The van der Waals surface area contributed by atoms with Gasteiger partial charge in [-0.05, 0) is 90.7 Å². The molecule has 2 aromatic carbocycles. The van der Waals surface area contributed by atoms with Crippen LogP contribution in [0, 0.1) is 25.2 Å². The monoisotopic (exact) mass is 349 g/mol. The molecule has 0 aliphatic heterocycles. The fourth-order valence-corrected chi connectivity index (χ4v) is 5.14. The predicted octanol–water partition coefficient (Wildman–Crippen LogP) is 4.76. The van der Waals surface area contributed by atoms with E-state index in [1.54, 1.807) is 0 Å². The zero-order valence-electron chi connectivity index (χ0n) is 16.2. The van der Waals surface area contributed by atoms with E-state index in [9.17, 15) is 0 Å². The van der Waals surface area contributed by atoms with Crippen molar-refractivity contribution in [1.82, 2.24) is 0 Å². The van der Waals surface area contributed by atoms with Crippen LogP contribution in [0.4, 0.5) is 5.69 Å². The molecule has 0 unspecified atom stereocenters. The largest absolute Gasteiger partial charge is 0.398 e. The van der Waals surface area contributed by atoms with Gasteiger partial charge in [-0.1, -0.05) is 31.2 Å². The molecule has 0 bridgehead atoms. The van der Waals surface area contributed by atoms with E-state index in [0.29, 0.717) is 11.1 Å². The van der Waals surface area contributed by atoms with E-state index >= 15 is 0 Å². The Balaban J connectivity index is 1.62. The summed E-state index contributed by atoms with van der Waals surface area (Å²) in [5.74, 6) is 1.73. The van der Waals surface area contributed by atoms with E-state index in [1.807, 2.05) is 6.07 Å². The topological polar surface area (TPSA) is 78.1 Å². The van der Waals surface area contributed by atoms with Crippen LogP contribution >= 0.6 is 0 Å². The highest BCUT2D eigenvalue weighted by Gasteiger charge is 2.50. The summed E-state index contributed by atoms with van der Waals surface area (Å²) < 4.78 is 0. The van der Waals surface area contributed by atoms with Crippen LogP contribution in [-0.2, 0) is 0 Å². The Morgan fingerprint density at radius 2 is 1.65 bits per heavy atom. The van der Waals surface area contributed by atoms with Gasteiger partial charge in [0.1, 0.15) is 0 Å². The minimum Gasteiger partial charge on any atom is -0.398 e. The Bertz CT molecular complexity index is 843. The molecular weight excluding hydrogens is 318 g/mol. The quantitative estimate of drug-likeness (QED) is 0.550. The van der Waals surface area contributed by atoms with Gasteiger partial charge in [0, 0.05) is 11.3 Å². The fraction of sp³-hybridized carbons (Fsp3) is 0.478. The van der Waals surface area contributed by atoms with E-state index in [1.165, 1.54) is 47.9 Å². The van der Waals surface area contributed by atoms with Crippen LogP contribution in [0.15, 0.2) is 30.3 Å². The summed E-state index contributed by atoms with van der Waals surface area (Å²) in [5, 5.41) is 0. The summed E-state index contributed by atoms with van der Waals surface area (Å²) in [6.07, 6.45) is 5.05. The van der Waals surface area contributed by atoms with E-state index in [2.05, 4.69) is 45.0 Å². The molecule has 2 aliphatic carbocycles. The number of anilines is 1. The molecule has 2 saturated carbocycles. The van der Waals surface area contributed by atoms with Crippen molar-refractivity contribution in [1.29, 1.82) is 0 Å². The highest BCUT2D eigenvalue weighted by molar-refractivity contribution is 5.75. The van der Waals surface area contributed by atoms with Crippen LogP contribution in [0.3, 0.4) is 0 Å². The first-order valence-electron chi connectivity index (χ1n) is 9.81. The van der Waals surface area contributed by atoms with E-state index in [0.717, 1.165) is 23.0 Å². The number of benzene rings is 2. The van der Waals surface area contributed by atoms with Crippen LogP contribution in [-0.4, -0.2) is 0 Å². The molecule has 0 aromatic heterocycles. The molecule has 2 fully saturated rings. The van der Waals surface area contributed by atoms with Crippen molar-refractivity contribution in [2.45, 2.75) is 58.5 Å². The van der Waals surface area contributed by atoms with Crippen molar-refractivity contribution in [3.63, 3.8) is 0 Å². The highest BCUT2D eigenvalue weighted by Crippen LogP contribution is 2.62. The Hall–Kier alpha value is -1.84. The Kier molecular flexibility index (Phi) is 4.13. The van der Waals surface area contributed by atoms with E-state index in [4.69, 9.17) is 17.2 Å². The van der Waals surface area contributed by atoms with Crippen LogP contribution < -0.4 is 17.2 Å². The number of rotatable bonds is 4. The molecule has 2 aromatic rings. The van der Waals surface area contributed by atoms with Gasteiger partial charge >= 0.3 is 0 Å². The first kappa shape index (κ1) is 17.6. The van der Waals surface area contributed by atoms with Crippen molar-refractivity contribution in [2.24, 2.45) is 22.8 Å². The molecule has 2 aliphatic rings. The molecule has 0 amide bonds. The van der Waals surface area contributed by atoms with Gasteiger partial charge in [-0.2, -0.15) is 0 Å². The van der Waals surface area contributed by atoms with Gasteiger partial charge in [0.05, 0.1) is 6.17 Å². The van der Waals surface area contributed by atoms with Crippen LogP contribution in [0.1, 0.15) is 66.9 Å². The maximum Gasteiger partial charge on any atom is 0.0807 e. The molecule has 0 heterocycles. The third-order valence-corrected chi connectivity index (χ3v) is 6.88. The second-order valence-electron chi connectivity index (χ2n) is 8.87. The number of hydrogen-bond acceptors (Lipinski definition) is 3. The number of hydrogen-bond donors (Lipinski definition) is 3.